The van der Waals surface area contributed by atoms with E-state index in [2.05, 4.69) is 11.7 Å². The zero-order chi connectivity index (χ0) is 17.3. The number of methoxy groups -OCH3 is 1. The van der Waals surface area contributed by atoms with Crippen LogP contribution in [0.15, 0.2) is 36.5 Å². The SMILES string of the molecule is CC/C=C/C=C/C=C/[C@@H](O)[C@@H](O)CCCCCCCC(=O)OC. The second-order valence-electron chi connectivity index (χ2n) is 5.55. The van der Waals surface area contributed by atoms with Crippen LogP contribution in [-0.4, -0.2) is 35.5 Å². The molecule has 0 fully saturated rings. The highest BCUT2D eigenvalue weighted by molar-refractivity contribution is 5.68. The lowest BCUT2D eigenvalue weighted by atomic mass is 10.0. The Balaban J connectivity index is 3.66. The Hall–Kier alpha value is -1.39. The van der Waals surface area contributed by atoms with Crippen molar-refractivity contribution >= 4 is 5.97 Å². The molecule has 132 valence electrons. The van der Waals surface area contributed by atoms with Gasteiger partial charge in [0.25, 0.3) is 0 Å². The number of rotatable bonds is 13. The van der Waals surface area contributed by atoms with Crippen molar-refractivity contribution in [1.82, 2.24) is 0 Å². The molecular formula is C19H32O4. The van der Waals surface area contributed by atoms with Crippen molar-refractivity contribution in [3.63, 3.8) is 0 Å². The van der Waals surface area contributed by atoms with Crippen LogP contribution >= 0.6 is 0 Å². The van der Waals surface area contributed by atoms with E-state index in [4.69, 9.17) is 0 Å². The van der Waals surface area contributed by atoms with Crippen LogP contribution in [0.1, 0.15) is 58.3 Å². The number of hydrogen-bond donors (Lipinski definition) is 2. The second kappa shape index (κ2) is 15.5. The third-order valence-corrected chi connectivity index (χ3v) is 3.52. The third-order valence-electron chi connectivity index (χ3n) is 3.52. The van der Waals surface area contributed by atoms with E-state index in [9.17, 15) is 15.0 Å². The van der Waals surface area contributed by atoms with Gasteiger partial charge in [0.15, 0.2) is 0 Å². The monoisotopic (exact) mass is 324 g/mol. The van der Waals surface area contributed by atoms with Crippen LogP contribution in [-0.2, 0) is 9.53 Å². The second-order valence-corrected chi connectivity index (χ2v) is 5.55. The van der Waals surface area contributed by atoms with E-state index in [0.29, 0.717) is 12.8 Å². The van der Waals surface area contributed by atoms with Gasteiger partial charge in [-0.25, -0.2) is 0 Å². The maximum Gasteiger partial charge on any atom is 0.305 e. The molecule has 0 aliphatic carbocycles. The first kappa shape index (κ1) is 21.6. The molecule has 0 spiro atoms. The molecule has 2 atom stereocenters. The van der Waals surface area contributed by atoms with Crippen molar-refractivity contribution in [2.75, 3.05) is 7.11 Å². The topological polar surface area (TPSA) is 66.8 Å². The Labute approximate surface area is 140 Å². The average molecular weight is 324 g/mol. The lowest BCUT2D eigenvalue weighted by molar-refractivity contribution is -0.140. The van der Waals surface area contributed by atoms with Gasteiger partial charge in [-0.15, -0.1) is 0 Å². The van der Waals surface area contributed by atoms with E-state index in [1.807, 2.05) is 24.3 Å². The minimum Gasteiger partial charge on any atom is -0.469 e. The van der Waals surface area contributed by atoms with E-state index < -0.39 is 12.2 Å². The molecule has 0 unspecified atom stereocenters. The van der Waals surface area contributed by atoms with E-state index in [-0.39, 0.29) is 5.97 Å². The molecule has 0 saturated heterocycles. The van der Waals surface area contributed by atoms with Crippen LogP contribution < -0.4 is 0 Å². The van der Waals surface area contributed by atoms with Crippen molar-refractivity contribution in [3.05, 3.63) is 36.5 Å². The molecule has 0 saturated carbocycles. The van der Waals surface area contributed by atoms with Gasteiger partial charge in [-0.2, -0.15) is 0 Å². The molecule has 0 radical (unpaired) electrons. The molecule has 0 bridgehead atoms. The minimum absolute atomic E-state index is 0.158. The Morgan fingerprint density at radius 2 is 1.65 bits per heavy atom. The summed E-state index contributed by atoms with van der Waals surface area (Å²) in [5, 5.41) is 19.7. The van der Waals surface area contributed by atoms with Crippen molar-refractivity contribution in [2.24, 2.45) is 0 Å². The van der Waals surface area contributed by atoms with E-state index in [1.165, 1.54) is 7.11 Å². The van der Waals surface area contributed by atoms with Crippen molar-refractivity contribution < 1.29 is 19.7 Å². The maximum absolute atomic E-state index is 10.9. The Bertz CT molecular complexity index is 372. The standard InChI is InChI=1S/C19H32O4/c1-3-4-5-6-8-11-14-17(20)18(21)15-12-9-7-10-13-16-19(22)23-2/h4-6,8,11,14,17-18,20-21H,3,7,9-10,12-13,15-16H2,1-2H3/b5-4+,8-6+,14-11+/t17-,18+/m1/s1. The number of esters is 1. The summed E-state index contributed by atoms with van der Waals surface area (Å²) >= 11 is 0. The van der Waals surface area contributed by atoms with Crippen molar-refractivity contribution in [1.29, 1.82) is 0 Å². The van der Waals surface area contributed by atoms with Crippen molar-refractivity contribution in [3.8, 4) is 0 Å². The quantitative estimate of drug-likeness (QED) is 0.308. The van der Waals surface area contributed by atoms with E-state index in [0.717, 1.165) is 38.5 Å². The number of unbranched alkanes of at least 4 members (excludes halogenated alkanes) is 4. The van der Waals surface area contributed by atoms with Crippen LogP contribution in [0.4, 0.5) is 0 Å². The van der Waals surface area contributed by atoms with Gasteiger partial charge < -0.3 is 14.9 Å². The summed E-state index contributed by atoms with van der Waals surface area (Å²) in [4.78, 5) is 10.9. The van der Waals surface area contributed by atoms with Gasteiger partial charge in [-0.1, -0.05) is 69.1 Å². The minimum atomic E-state index is -0.825. The molecule has 0 aromatic rings. The fraction of sp³-hybridized carbons (Fsp3) is 0.632. The molecule has 23 heavy (non-hydrogen) atoms. The van der Waals surface area contributed by atoms with Crippen LogP contribution in [0.25, 0.3) is 0 Å². The largest absolute Gasteiger partial charge is 0.469 e. The summed E-state index contributed by atoms with van der Waals surface area (Å²) in [6.45, 7) is 2.07. The van der Waals surface area contributed by atoms with E-state index in [1.54, 1.807) is 12.2 Å². The van der Waals surface area contributed by atoms with Crippen LogP contribution in [0.5, 0.6) is 0 Å². The Kier molecular flexibility index (Phi) is 14.6. The zero-order valence-corrected chi connectivity index (χ0v) is 14.5. The highest BCUT2D eigenvalue weighted by atomic mass is 16.5. The molecule has 0 aliphatic heterocycles. The maximum atomic E-state index is 10.9. The molecule has 0 aromatic carbocycles. The van der Waals surface area contributed by atoms with Gasteiger partial charge in [0.05, 0.1) is 19.3 Å². The highest BCUT2D eigenvalue weighted by Gasteiger charge is 2.11. The Morgan fingerprint density at radius 3 is 2.35 bits per heavy atom. The van der Waals surface area contributed by atoms with Crippen LogP contribution in [0.2, 0.25) is 0 Å². The molecule has 4 nitrogen and oxygen atoms in total. The van der Waals surface area contributed by atoms with Gasteiger partial charge in [-0.05, 0) is 19.3 Å². The molecule has 0 heterocycles. The predicted molar refractivity (Wildman–Crippen MR) is 94.1 cm³/mol. The lowest BCUT2D eigenvalue weighted by Gasteiger charge is -2.14. The predicted octanol–water partition coefficient (Wildman–Crippen LogP) is 3.69. The van der Waals surface area contributed by atoms with Crippen molar-refractivity contribution in [2.45, 2.75) is 70.5 Å². The van der Waals surface area contributed by atoms with Gasteiger partial charge >= 0.3 is 5.97 Å². The smallest absolute Gasteiger partial charge is 0.305 e. The summed E-state index contributed by atoms with van der Waals surface area (Å²) in [6, 6.07) is 0. The van der Waals surface area contributed by atoms with Gasteiger partial charge in [0.2, 0.25) is 0 Å². The molecular weight excluding hydrogens is 292 g/mol. The summed E-state index contributed by atoms with van der Waals surface area (Å²) in [6.07, 6.45) is 16.3. The highest BCUT2D eigenvalue weighted by Crippen LogP contribution is 2.11. The zero-order valence-electron chi connectivity index (χ0n) is 14.5. The fourth-order valence-electron chi connectivity index (χ4n) is 2.08. The Morgan fingerprint density at radius 1 is 1.00 bits per heavy atom. The third kappa shape index (κ3) is 14.0. The number of aliphatic hydroxyl groups excluding tert-OH is 2. The van der Waals surface area contributed by atoms with E-state index >= 15 is 0 Å². The molecule has 0 amide bonds. The normalized spacial score (nSPS) is 14.8. The summed E-state index contributed by atoms with van der Waals surface area (Å²) in [7, 11) is 1.40. The first-order valence-electron chi connectivity index (χ1n) is 8.54. The molecule has 2 N–H and O–H groups in total. The number of aliphatic hydroxyl groups is 2. The molecule has 0 rings (SSSR count). The number of allylic oxidation sites excluding steroid dienone is 5. The van der Waals surface area contributed by atoms with Crippen LogP contribution in [0, 0.1) is 0 Å². The lowest BCUT2D eigenvalue weighted by Crippen LogP contribution is -2.23. The average Bonchev–Trinajstić information content (AvgIpc) is 2.56. The number of carbonyl (C=O) groups excluding carboxylic acids is 1. The fourth-order valence-corrected chi connectivity index (χ4v) is 2.08. The molecule has 0 aromatic heterocycles. The number of carbonyl (C=O) groups is 1. The van der Waals surface area contributed by atoms with Gasteiger partial charge in [0.1, 0.15) is 0 Å². The molecule has 0 aliphatic rings. The molecule has 4 heteroatoms. The number of ether oxygens (including phenoxy) is 1. The van der Waals surface area contributed by atoms with Gasteiger partial charge in [-0.3, -0.25) is 4.79 Å². The summed E-state index contributed by atoms with van der Waals surface area (Å²) < 4.78 is 4.58. The summed E-state index contributed by atoms with van der Waals surface area (Å²) in [5.74, 6) is -0.158. The van der Waals surface area contributed by atoms with Gasteiger partial charge in [0, 0.05) is 6.42 Å². The first-order chi connectivity index (χ1) is 11.1. The first-order valence-corrected chi connectivity index (χ1v) is 8.54. The van der Waals surface area contributed by atoms with Crippen LogP contribution in [0.3, 0.4) is 0 Å². The summed E-state index contributed by atoms with van der Waals surface area (Å²) in [5.41, 5.74) is 0. The number of hydrogen-bond acceptors (Lipinski definition) is 4.